The Balaban J connectivity index is 1.80. The molecule has 0 aliphatic carbocycles. The van der Waals surface area contributed by atoms with Gasteiger partial charge in [0.25, 0.3) is 5.91 Å². The minimum absolute atomic E-state index is 0.00287. The molecule has 158 valence electrons. The van der Waals surface area contributed by atoms with Crippen LogP contribution in [0, 0.1) is 0 Å². The van der Waals surface area contributed by atoms with Crippen LogP contribution in [0.15, 0.2) is 24.3 Å². The standard InChI is InChI=1S/C20H29ClN6O2/c1-3-5-14(24-11-4-6-13-7-9-15(29-2)10-8-13)12-25-20(28)16-18(22)27-19(23)17(21)26-16/h7-10,14,24H,3-6,11-12H2,1-2H3,(H,25,28)(H4,22,23,27)/t14-/m0/s1. The van der Waals surface area contributed by atoms with Crippen molar-refractivity contribution in [3.63, 3.8) is 0 Å². The lowest BCUT2D eigenvalue weighted by Gasteiger charge is -2.19. The number of amides is 1. The lowest BCUT2D eigenvalue weighted by Crippen LogP contribution is -2.41. The minimum Gasteiger partial charge on any atom is -0.497 e. The van der Waals surface area contributed by atoms with Crippen molar-refractivity contribution >= 4 is 29.1 Å². The van der Waals surface area contributed by atoms with Gasteiger partial charge in [-0.1, -0.05) is 37.1 Å². The predicted octanol–water partition coefficient (Wildman–Crippen LogP) is 2.42. The molecule has 0 fully saturated rings. The zero-order chi connectivity index (χ0) is 21.2. The van der Waals surface area contributed by atoms with Crippen LogP contribution < -0.4 is 26.8 Å². The molecule has 29 heavy (non-hydrogen) atoms. The average Bonchev–Trinajstić information content (AvgIpc) is 2.72. The highest BCUT2D eigenvalue weighted by Crippen LogP contribution is 2.17. The van der Waals surface area contributed by atoms with E-state index < -0.39 is 5.91 Å². The zero-order valence-corrected chi connectivity index (χ0v) is 17.6. The number of nitrogens with one attached hydrogen (secondary N) is 2. The van der Waals surface area contributed by atoms with E-state index in [0.717, 1.165) is 38.0 Å². The van der Waals surface area contributed by atoms with Gasteiger partial charge in [0.2, 0.25) is 0 Å². The number of aryl methyl sites for hydroxylation is 1. The molecule has 0 radical (unpaired) electrons. The summed E-state index contributed by atoms with van der Waals surface area (Å²) >= 11 is 5.84. The van der Waals surface area contributed by atoms with Crippen molar-refractivity contribution in [3.8, 4) is 5.75 Å². The second kappa shape index (κ2) is 11.4. The minimum atomic E-state index is -0.418. The average molecular weight is 421 g/mol. The molecule has 1 heterocycles. The monoisotopic (exact) mass is 420 g/mol. The van der Waals surface area contributed by atoms with Crippen molar-refractivity contribution in [2.75, 3.05) is 31.7 Å². The van der Waals surface area contributed by atoms with Crippen molar-refractivity contribution in [3.05, 3.63) is 40.7 Å². The van der Waals surface area contributed by atoms with Gasteiger partial charge in [-0.3, -0.25) is 4.79 Å². The Morgan fingerprint density at radius 2 is 1.93 bits per heavy atom. The van der Waals surface area contributed by atoms with E-state index in [9.17, 15) is 4.79 Å². The van der Waals surface area contributed by atoms with Crippen molar-refractivity contribution in [2.45, 2.75) is 38.6 Å². The van der Waals surface area contributed by atoms with Gasteiger partial charge in [-0.15, -0.1) is 0 Å². The first kappa shape index (κ1) is 22.7. The van der Waals surface area contributed by atoms with E-state index >= 15 is 0 Å². The quantitative estimate of drug-likeness (QED) is 0.411. The number of carbonyl (C=O) groups excluding carboxylic acids is 1. The van der Waals surface area contributed by atoms with Crippen molar-refractivity contribution in [2.24, 2.45) is 0 Å². The third-order valence-electron chi connectivity index (χ3n) is 4.50. The summed E-state index contributed by atoms with van der Waals surface area (Å²) in [6.45, 7) is 3.41. The van der Waals surface area contributed by atoms with E-state index in [0.29, 0.717) is 6.54 Å². The highest BCUT2D eigenvalue weighted by molar-refractivity contribution is 6.31. The second-order valence-corrected chi connectivity index (χ2v) is 7.09. The Morgan fingerprint density at radius 3 is 2.59 bits per heavy atom. The van der Waals surface area contributed by atoms with Gasteiger partial charge in [0.15, 0.2) is 22.5 Å². The van der Waals surface area contributed by atoms with Crippen LogP contribution in [0.5, 0.6) is 5.75 Å². The molecule has 1 aromatic heterocycles. The van der Waals surface area contributed by atoms with E-state index in [1.165, 1.54) is 5.56 Å². The topological polar surface area (TPSA) is 128 Å². The lowest BCUT2D eigenvalue weighted by molar-refractivity contribution is 0.0944. The Bertz CT molecular complexity index is 800. The van der Waals surface area contributed by atoms with E-state index in [1.54, 1.807) is 7.11 Å². The zero-order valence-electron chi connectivity index (χ0n) is 16.9. The molecule has 9 heteroatoms. The van der Waals surface area contributed by atoms with Gasteiger partial charge in [0.1, 0.15) is 5.75 Å². The van der Waals surface area contributed by atoms with E-state index in [1.807, 2.05) is 12.1 Å². The molecule has 0 saturated heterocycles. The van der Waals surface area contributed by atoms with Crippen LogP contribution in [-0.2, 0) is 6.42 Å². The van der Waals surface area contributed by atoms with Crippen LogP contribution in [0.2, 0.25) is 5.15 Å². The summed E-state index contributed by atoms with van der Waals surface area (Å²) in [4.78, 5) is 20.1. The fourth-order valence-corrected chi connectivity index (χ4v) is 3.05. The number of ether oxygens (including phenoxy) is 1. The van der Waals surface area contributed by atoms with Gasteiger partial charge in [-0.05, 0) is 43.5 Å². The highest BCUT2D eigenvalue weighted by Gasteiger charge is 2.17. The molecule has 6 N–H and O–H groups in total. The largest absolute Gasteiger partial charge is 0.497 e. The molecule has 0 spiro atoms. The molecule has 2 aromatic rings. The van der Waals surface area contributed by atoms with Crippen molar-refractivity contribution < 1.29 is 9.53 Å². The van der Waals surface area contributed by atoms with E-state index in [4.69, 9.17) is 27.8 Å². The smallest absolute Gasteiger partial charge is 0.273 e. The van der Waals surface area contributed by atoms with Gasteiger partial charge in [-0.2, -0.15) is 0 Å². The molecular formula is C20H29ClN6O2. The fraction of sp³-hybridized carbons (Fsp3) is 0.450. The number of nitrogen functional groups attached to an aromatic ring is 2. The van der Waals surface area contributed by atoms with Gasteiger partial charge < -0.3 is 26.8 Å². The summed E-state index contributed by atoms with van der Waals surface area (Å²) in [6.07, 6.45) is 3.90. The maximum Gasteiger partial charge on any atom is 0.273 e. The Labute approximate surface area is 176 Å². The molecule has 1 aromatic carbocycles. The maximum atomic E-state index is 12.4. The van der Waals surface area contributed by atoms with Gasteiger partial charge in [0.05, 0.1) is 7.11 Å². The van der Waals surface area contributed by atoms with Crippen molar-refractivity contribution in [1.82, 2.24) is 20.6 Å². The number of nitrogens with zero attached hydrogens (tertiary/aromatic N) is 2. The van der Waals surface area contributed by atoms with Crippen LogP contribution in [0.1, 0.15) is 42.2 Å². The molecule has 8 nitrogen and oxygen atoms in total. The molecule has 1 atom stereocenters. The fourth-order valence-electron chi connectivity index (χ4n) is 2.92. The SMILES string of the molecule is CCC[C@@H](CNC(=O)c1nc(Cl)c(N)nc1N)NCCCc1ccc(OC)cc1. The third-order valence-corrected chi connectivity index (χ3v) is 4.78. The van der Waals surface area contributed by atoms with Gasteiger partial charge >= 0.3 is 0 Å². The molecule has 0 saturated carbocycles. The molecule has 0 unspecified atom stereocenters. The first-order valence-corrected chi connectivity index (χ1v) is 10.0. The number of nitrogens with two attached hydrogens (primary N) is 2. The summed E-state index contributed by atoms with van der Waals surface area (Å²) in [5, 5.41) is 6.31. The summed E-state index contributed by atoms with van der Waals surface area (Å²) in [7, 11) is 1.66. The summed E-state index contributed by atoms with van der Waals surface area (Å²) in [5.74, 6) is 0.406. The number of aromatic nitrogens is 2. The number of rotatable bonds is 11. The highest BCUT2D eigenvalue weighted by atomic mass is 35.5. The molecule has 0 bridgehead atoms. The van der Waals surface area contributed by atoms with Crippen LogP contribution in [0.25, 0.3) is 0 Å². The normalized spacial score (nSPS) is 11.8. The number of hydrogen-bond acceptors (Lipinski definition) is 7. The number of anilines is 2. The van der Waals surface area contributed by atoms with Gasteiger partial charge in [0, 0.05) is 12.6 Å². The van der Waals surface area contributed by atoms with Crippen LogP contribution in [0.4, 0.5) is 11.6 Å². The lowest BCUT2D eigenvalue weighted by atomic mass is 10.1. The maximum absolute atomic E-state index is 12.4. The van der Waals surface area contributed by atoms with Crippen LogP contribution in [-0.4, -0.2) is 42.1 Å². The van der Waals surface area contributed by atoms with E-state index in [-0.39, 0.29) is 28.5 Å². The summed E-state index contributed by atoms with van der Waals surface area (Å²) in [6, 6.07) is 8.24. The summed E-state index contributed by atoms with van der Waals surface area (Å²) < 4.78 is 5.17. The first-order valence-electron chi connectivity index (χ1n) is 9.67. The first-order chi connectivity index (χ1) is 13.9. The third kappa shape index (κ3) is 7.07. The molecule has 0 aliphatic rings. The number of hydrogen-bond donors (Lipinski definition) is 4. The molecule has 2 rings (SSSR count). The Hall–Kier alpha value is -2.58. The van der Waals surface area contributed by atoms with Crippen molar-refractivity contribution in [1.29, 1.82) is 0 Å². The van der Waals surface area contributed by atoms with E-state index in [2.05, 4.69) is 39.7 Å². The second-order valence-electron chi connectivity index (χ2n) is 6.73. The van der Waals surface area contributed by atoms with Gasteiger partial charge in [-0.25, -0.2) is 9.97 Å². The Morgan fingerprint density at radius 1 is 1.21 bits per heavy atom. The number of benzene rings is 1. The summed E-state index contributed by atoms with van der Waals surface area (Å²) in [5.41, 5.74) is 12.5. The molecule has 1 amide bonds. The van der Waals surface area contributed by atoms with Crippen LogP contribution >= 0.6 is 11.6 Å². The number of halogens is 1. The Kier molecular flexibility index (Phi) is 8.95. The van der Waals surface area contributed by atoms with Crippen LogP contribution in [0.3, 0.4) is 0 Å². The predicted molar refractivity (Wildman–Crippen MR) is 116 cm³/mol. The number of methoxy groups -OCH3 is 1. The molecule has 0 aliphatic heterocycles. The molecular weight excluding hydrogens is 392 g/mol. The number of carbonyl (C=O) groups is 1.